The van der Waals surface area contributed by atoms with Crippen LogP contribution in [0.15, 0.2) is 48.6 Å². The predicted molar refractivity (Wildman–Crippen MR) is 106 cm³/mol. The van der Waals surface area contributed by atoms with Crippen LogP contribution in [-0.4, -0.2) is 0 Å². The van der Waals surface area contributed by atoms with Crippen molar-refractivity contribution in [1.29, 1.82) is 0 Å². The van der Waals surface area contributed by atoms with Crippen LogP contribution in [0.2, 0.25) is 0 Å². The van der Waals surface area contributed by atoms with E-state index in [1.165, 1.54) is 50.7 Å². The molecule has 0 N–H and O–H groups in total. The molecule has 27 heavy (non-hydrogen) atoms. The molecule has 3 rings (SSSR count). The van der Waals surface area contributed by atoms with Crippen molar-refractivity contribution in [2.24, 2.45) is 17.8 Å². The third kappa shape index (κ3) is 5.49. The maximum Gasteiger partial charge on any atom is 0.416 e. The van der Waals surface area contributed by atoms with Crippen LogP contribution in [-0.2, 0) is 6.18 Å². The maximum atomic E-state index is 12.7. The highest BCUT2D eigenvalue weighted by Gasteiger charge is 2.32. The van der Waals surface area contributed by atoms with Gasteiger partial charge in [0.05, 0.1) is 5.56 Å². The minimum atomic E-state index is -4.24. The topological polar surface area (TPSA) is 0 Å². The molecule has 0 aliphatic heterocycles. The third-order valence-electron chi connectivity index (χ3n) is 6.65. The summed E-state index contributed by atoms with van der Waals surface area (Å²) >= 11 is 0. The molecule has 2 fully saturated rings. The molecule has 0 saturated heterocycles. The molecule has 2 saturated carbocycles. The highest BCUT2D eigenvalue weighted by Crippen LogP contribution is 2.44. The smallest absolute Gasteiger partial charge is 0.166 e. The van der Waals surface area contributed by atoms with E-state index in [1.807, 2.05) is 6.92 Å². The van der Waals surface area contributed by atoms with Crippen LogP contribution < -0.4 is 0 Å². The normalized spacial score (nSPS) is 30.2. The molecule has 148 valence electrons. The molecule has 0 spiro atoms. The monoisotopic (exact) mass is 376 g/mol. The molecular formula is C24H31F3. The highest BCUT2D eigenvalue weighted by atomic mass is 19.4. The summed E-state index contributed by atoms with van der Waals surface area (Å²) in [5, 5.41) is 0. The number of rotatable bonds is 4. The lowest BCUT2D eigenvalue weighted by Crippen LogP contribution is -2.25. The van der Waals surface area contributed by atoms with Crippen LogP contribution in [0.3, 0.4) is 0 Å². The summed E-state index contributed by atoms with van der Waals surface area (Å²) in [4.78, 5) is 0. The zero-order valence-corrected chi connectivity index (χ0v) is 16.2. The van der Waals surface area contributed by atoms with Crippen molar-refractivity contribution in [3.63, 3.8) is 0 Å². The SMILES string of the molecule is CC=CC=CC1CCC(C2CCC(c3ccc(C(F)(F)F)cc3)CC2)CC1. The van der Waals surface area contributed by atoms with Gasteiger partial charge in [0.1, 0.15) is 0 Å². The fourth-order valence-corrected chi connectivity index (χ4v) is 5.01. The Morgan fingerprint density at radius 3 is 1.85 bits per heavy atom. The van der Waals surface area contributed by atoms with Crippen LogP contribution in [0.1, 0.15) is 75.3 Å². The molecule has 0 unspecified atom stereocenters. The second kappa shape index (κ2) is 9.12. The lowest BCUT2D eigenvalue weighted by Gasteiger charge is -2.37. The molecular weight excluding hydrogens is 345 g/mol. The van der Waals surface area contributed by atoms with E-state index in [0.717, 1.165) is 36.2 Å². The first-order chi connectivity index (χ1) is 13.0. The third-order valence-corrected chi connectivity index (χ3v) is 6.65. The van der Waals surface area contributed by atoms with Gasteiger partial charge in [-0.3, -0.25) is 0 Å². The Kier molecular flexibility index (Phi) is 6.83. The van der Waals surface area contributed by atoms with Gasteiger partial charge in [-0.25, -0.2) is 0 Å². The van der Waals surface area contributed by atoms with Gasteiger partial charge < -0.3 is 0 Å². The Morgan fingerprint density at radius 2 is 1.33 bits per heavy atom. The van der Waals surface area contributed by atoms with E-state index >= 15 is 0 Å². The van der Waals surface area contributed by atoms with Gasteiger partial charge in [-0.2, -0.15) is 13.2 Å². The number of benzene rings is 1. The number of allylic oxidation sites excluding steroid dienone is 4. The summed E-state index contributed by atoms with van der Waals surface area (Å²) in [7, 11) is 0. The van der Waals surface area contributed by atoms with Gasteiger partial charge in [0.25, 0.3) is 0 Å². The van der Waals surface area contributed by atoms with Gasteiger partial charge in [-0.05, 0) is 99.7 Å². The van der Waals surface area contributed by atoms with Crippen molar-refractivity contribution in [2.45, 2.75) is 70.4 Å². The molecule has 2 aliphatic rings. The molecule has 2 aliphatic carbocycles. The average molecular weight is 377 g/mol. The lowest BCUT2D eigenvalue weighted by atomic mass is 9.68. The fourth-order valence-electron chi connectivity index (χ4n) is 5.01. The summed E-state index contributed by atoms with van der Waals surface area (Å²) in [6, 6.07) is 5.86. The quantitative estimate of drug-likeness (QED) is 0.468. The molecule has 0 aromatic heterocycles. The van der Waals surface area contributed by atoms with Crippen molar-refractivity contribution >= 4 is 0 Å². The predicted octanol–water partition coefficient (Wildman–Crippen LogP) is 7.92. The van der Waals surface area contributed by atoms with E-state index in [0.29, 0.717) is 5.92 Å². The van der Waals surface area contributed by atoms with Gasteiger partial charge in [-0.1, -0.05) is 36.4 Å². The van der Waals surface area contributed by atoms with Crippen molar-refractivity contribution in [2.75, 3.05) is 0 Å². The Labute approximate surface area is 161 Å². The number of halogens is 3. The van der Waals surface area contributed by atoms with Crippen LogP contribution in [0, 0.1) is 17.8 Å². The molecule has 3 heteroatoms. The van der Waals surface area contributed by atoms with Crippen molar-refractivity contribution in [1.82, 2.24) is 0 Å². The summed E-state index contributed by atoms with van der Waals surface area (Å²) in [6.45, 7) is 2.04. The van der Waals surface area contributed by atoms with Crippen molar-refractivity contribution < 1.29 is 13.2 Å². The number of alkyl halides is 3. The van der Waals surface area contributed by atoms with Gasteiger partial charge in [0.2, 0.25) is 0 Å². The Morgan fingerprint density at radius 1 is 0.778 bits per heavy atom. The molecule has 0 nitrogen and oxygen atoms in total. The Balaban J connectivity index is 1.47. The molecule has 1 aromatic carbocycles. The summed E-state index contributed by atoms with van der Waals surface area (Å²) in [5.74, 6) is 2.84. The molecule has 0 radical (unpaired) electrons. The average Bonchev–Trinajstić information content (AvgIpc) is 2.68. The second-order valence-electron chi connectivity index (χ2n) is 8.32. The van der Waals surface area contributed by atoms with E-state index in [4.69, 9.17) is 0 Å². The highest BCUT2D eigenvalue weighted by molar-refractivity contribution is 5.27. The van der Waals surface area contributed by atoms with Gasteiger partial charge in [0, 0.05) is 0 Å². The minimum absolute atomic E-state index is 0.434. The Hall–Kier alpha value is -1.51. The van der Waals surface area contributed by atoms with Gasteiger partial charge >= 0.3 is 6.18 Å². The number of hydrogen-bond acceptors (Lipinski definition) is 0. The summed E-state index contributed by atoms with van der Waals surface area (Å²) < 4.78 is 38.2. The van der Waals surface area contributed by atoms with Crippen LogP contribution in [0.25, 0.3) is 0 Å². The molecule has 0 heterocycles. The summed E-state index contributed by atoms with van der Waals surface area (Å²) in [5.41, 5.74) is 0.541. The van der Waals surface area contributed by atoms with Gasteiger partial charge in [0.15, 0.2) is 0 Å². The molecule has 1 aromatic rings. The van der Waals surface area contributed by atoms with E-state index in [-0.39, 0.29) is 0 Å². The van der Waals surface area contributed by atoms with E-state index < -0.39 is 11.7 Å². The van der Waals surface area contributed by atoms with Crippen molar-refractivity contribution in [3.8, 4) is 0 Å². The van der Waals surface area contributed by atoms with Crippen LogP contribution in [0.5, 0.6) is 0 Å². The zero-order valence-electron chi connectivity index (χ0n) is 16.2. The minimum Gasteiger partial charge on any atom is -0.166 e. The van der Waals surface area contributed by atoms with Gasteiger partial charge in [-0.15, -0.1) is 0 Å². The zero-order chi connectivity index (χ0) is 19.3. The fraction of sp³-hybridized carbons (Fsp3) is 0.583. The molecule has 0 bridgehead atoms. The number of hydrogen-bond donors (Lipinski definition) is 0. The maximum absolute atomic E-state index is 12.7. The second-order valence-corrected chi connectivity index (χ2v) is 8.32. The van der Waals surface area contributed by atoms with E-state index in [2.05, 4.69) is 24.3 Å². The lowest BCUT2D eigenvalue weighted by molar-refractivity contribution is -0.137. The van der Waals surface area contributed by atoms with E-state index in [1.54, 1.807) is 12.1 Å². The standard InChI is InChI=1S/C24H31F3/c1-2-3-4-5-18-6-8-19(9-7-18)20-10-12-21(13-11-20)22-14-16-23(17-15-22)24(25,26)27/h2-5,14-21H,6-13H2,1H3. The first kappa shape index (κ1) is 20.2. The van der Waals surface area contributed by atoms with E-state index in [9.17, 15) is 13.2 Å². The van der Waals surface area contributed by atoms with Crippen LogP contribution in [0.4, 0.5) is 13.2 Å². The van der Waals surface area contributed by atoms with Crippen LogP contribution >= 0.6 is 0 Å². The molecule has 0 atom stereocenters. The largest absolute Gasteiger partial charge is 0.416 e. The summed E-state index contributed by atoms with van der Waals surface area (Å²) in [6.07, 6.45) is 14.5. The Bertz CT molecular complexity index is 623. The van der Waals surface area contributed by atoms with Crippen molar-refractivity contribution in [3.05, 3.63) is 59.7 Å². The molecule has 0 amide bonds. The first-order valence-corrected chi connectivity index (χ1v) is 10.4. The first-order valence-electron chi connectivity index (χ1n) is 10.4.